The summed E-state index contributed by atoms with van der Waals surface area (Å²) in [5.74, 6) is -0.483. The van der Waals surface area contributed by atoms with Crippen LogP contribution in [0, 0.1) is 6.92 Å². The van der Waals surface area contributed by atoms with Crippen LogP contribution in [-0.4, -0.2) is 76.8 Å². The second-order valence-electron chi connectivity index (χ2n) is 8.23. The zero-order valence-corrected chi connectivity index (χ0v) is 19.2. The standard InChI is InChI=1S/C22H29N4O5S/c1-17-4-3-5-21(12-17)26(10-8-25(9-11-26)20-15-31-16-20)32(28,29)24-14-19-7-6-18(13-23-19)22(27)30-2/h3-7,12-13,20,24H,8-11,14-16H2,1-2H3/q+1. The number of aryl methyl sites for hydroxylation is 1. The molecular formula is C22H29N4O5S+. The first-order valence-electron chi connectivity index (χ1n) is 10.6. The summed E-state index contributed by atoms with van der Waals surface area (Å²) in [6.07, 6.45) is 1.39. The number of aromatic nitrogens is 1. The van der Waals surface area contributed by atoms with E-state index in [1.54, 1.807) is 12.1 Å². The highest BCUT2D eigenvalue weighted by molar-refractivity contribution is 7.89. The molecule has 2 fully saturated rings. The van der Waals surface area contributed by atoms with Crippen LogP contribution in [0.3, 0.4) is 0 Å². The Morgan fingerprint density at radius 3 is 2.56 bits per heavy atom. The second kappa shape index (κ2) is 9.24. The van der Waals surface area contributed by atoms with Crippen molar-refractivity contribution in [2.45, 2.75) is 19.5 Å². The van der Waals surface area contributed by atoms with Gasteiger partial charge in [0.25, 0.3) is 0 Å². The number of pyridine rings is 1. The summed E-state index contributed by atoms with van der Waals surface area (Å²) in [6, 6.07) is 11.3. The van der Waals surface area contributed by atoms with Gasteiger partial charge in [0.05, 0.1) is 44.2 Å². The van der Waals surface area contributed by atoms with Gasteiger partial charge in [0.1, 0.15) is 18.8 Å². The average Bonchev–Trinajstić information content (AvgIpc) is 2.77. The zero-order valence-electron chi connectivity index (χ0n) is 18.4. The second-order valence-corrected chi connectivity index (χ2v) is 10.2. The summed E-state index contributed by atoms with van der Waals surface area (Å²) in [7, 11) is -2.48. The molecule has 2 saturated heterocycles. The smallest absolute Gasteiger partial charge is 0.375 e. The molecule has 0 radical (unpaired) electrons. The summed E-state index contributed by atoms with van der Waals surface area (Å²) in [5, 5.41) is 0. The summed E-state index contributed by atoms with van der Waals surface area (Å²) >= 11 is 0. The van der Waals surface area contributed by atoms with Gasteiger partial charge in [-0.25, -0.2) is 4.79 Å². The lowest BCUT2D eigenvalue weighted by Crippen LogP contribution is -2.68. The Kier molecular flexibility index (Phi) is 6.59. The van der Waals surface area contributed by atoms with E-state index in [-0.39, 0.29) is 10.4 Å². The Hall–Kier alpha value is -2.37. The molecule has 0 aliphatic carbocycles. The van der Waals surface area contributed by atoms with Crippen molar-refractivity contribution in [2.24, 2.45) is 0 Å². The van der Waals surface area contributed by atoms with Crippen LogP contribution in [0.5, 0.6) is 0 Å². The van der Waals surface area contributed by atoms with Crippen LogP contribution in [-0.2, 0) is 26.2 Å². The van der Waals surface area contributed by atoms with Crippen LogP contribution in [0.2, 0.25) is 0 Å². The van der Waals surface area contributed by atoms with Gasteiger partial charge in [0.15, 0.2) is 0 Å². The molecule has 0 saturated carbocycles. The molecule has 1 aromatic carbocycles. The summed E-state index contributed by atoms with van der Waals surface area (Å²) in [5.41, 5.74) is 2.62. The van der Waals surface area contributed by atoms with Gasteiger partial charge in [-0.3, -0.25) is 9.88 Å². The molecule has 2 aliphatic heterocycles. The highest BCUT2D eigenvalue weighted by Crippen LogP contribution is 2.31. The molecule has 10 heteroatoms. The highest BCUT2D eigenvalue weighted by Gasteiger charge is 2.48. The molecule has 9 nitrogen and oxygen atoms in total. The molecule has 32 heavy (non-hydrogen) atoms. The molecule has 0 atom stereocenters. The number of carbonyl (C=O) groups excluding carboxylic acids is 1. The number of hydrogen-bond donors (Lipinski definition) is 1. The Labute approximate surface area is 188 Å². The Morgan fingerprint density at radius 2 is 2.00 bits per heavy atom. The number of methoxy groups -OCH3 is 1. The third kappa shape index (κ3) is 4.41. The maximum atomic E-state index is 13.7. The molecule has 2 aromatic rings. The fourth-order valence-electron chi connectivity index (χ4n) is 4.18. The van der Waals surface area contributed by atoms with E-state index in [2.05, 4.69) is 19.3 Å². The molecular weight excluding hydrogens is 432 g/mol. The number of hydrogen-bond acceptors (Lipinski definition) is 7. The molecule has 1 N–H and O–H groups in total. The van der Waals surface area contributed by atoms with Gasteiger partial charge in [-0.05, 0) is 24.6 Å². The van der Waals surface area contributed by atoms with E-state index in [4.69, 9.17) is 4.74 Å². The monoisotopic (exact) mass is 461 g/mol. The van der Waals surface area contributed by atoms with Gasteiger partial charge in [-0.15, -0.1) is 0 Å². The molecule has 0 amide bonds. The molecule has 0 bridgehead atoms. The third-order valence-electron chi connectivity index (χ3n) is 6.25. The molecule has 3 heterocycles. The maximum Gasteiger partial charge on any atom is 0.375 e. The van der Waals surface area contributed by atoms with Crippen LogP contribution in [0.1, 0.15) is 21.6 Å². The molecule has 0 unspecified atom stereocenters. The molecule has 0 spiro atoms. The van der Waals surface area contributed by atoms with Crippen molar-refractivity contribution in [1.29, 1.82) is 0 Å². The lowest BCUT2D eigenvalue weighted by molar-refractivity contribution is -0.0718. The Balaban J connectivity index is 1.55. The molecule has 4 rings (SSSR count). The minimum atomic E-state index is -3.78. The minimum Gasteiger partial charge on any atom is -0.465 e. The molecule has 2 aliphatic rings. The van der Waals surface area contributed by atoms with Gasteiger partial charge in [-0.1, -0.05) is 12.1 Å². The highest BCUT2D eigenvalue weighted by atomic mass is 32.2. The quantitative estimate of drug-likeness (QED) is 0.489. The minimum absolute atomic E-state index is 0.0375. The first-order valence-corrected chi connectivity index (χ1v) is 12.1. The first-order chi connectivity index (χ1) is 15.3. The van der Waals surface area contributed by atoms with Crippen LogP contribution in [0.25, 0.3) is 0 Å². The van der Waals surface area contributed by atoms with Crippen molar-refractivity contribution in [3.05, 3.63) is 59.4 Å². The van der Waals surface area contributed by atoms with Crippen molar-refractivity contribution < 1.29 is 22.7 Å². The third-order valence-corrected chi connectivity index (χ3v) is 8.25. The predicted octanol–water partition coefficient (Wildman–Crippen LogP) is 1.23. The lowest BCUT2D eigenvalue weighted by Gasteiger charge is -2.46. The van der Waals surface area contributed by atoms with Crippen molar-refractivity contribution in [1.82, 2.24) is 18.5 Å². The average molecular weight is 462 g/mol. The van der Waals surface area contributed by atoms with Crippen LogP contribution in [0.15, 0.2) is 42.6 Å². The lowest BCUT2D eigenvalue weighted by atomic mass is 10.1. The summed E-state index contributed by atoms with van der Waals surface area (Å²) in [6.45, 7) is 5.67. The van der Waals surface area contributed by atoms with Crippen LogP contribution >= 0.6 is 0 Å². The topological polar surface area (TPSA) is 97.8 Å². The number of nitrogens with zero attached hydrogens (tertiary/aromatic N) is 3. The number of carbonyl (C=O) groups is 1. The Bertz CT molecular complexity index is 1060. The fourth-order valence-corrected chi connectivity index (χ4v) is 5.79. The van der Waals surface area contributed by atoms with Crippen molar-refractivity contribution in [3.63, 3.8) is 0 Å². The van der Waals surface area contributed by atoms with Crippen LogP contribution < -0.4 is 8.61 Å². The first kappa shape index (κ1) is 22.8. The van der Waals surface area contributed by atoms with Crippen molar-refractivity contribution in [2.75, 3.05) is 46.5 Å². The number of rotatable bonds is 7. The number of piperazine rings is 1. The fraction of sp³-hybridized carbons (Fsp3) is 0.455. The predicted molar refractivity (Wildman–Crippen MR) is 120 cm³/mol. The van der Waals surface area contributed by atoms with E-state index >= 15 is 0 Å². The number of quaternary nitrogens is 1. The van der Waals surface area contributed by atoms with Gasteiger partial charge >= 0.3 is 16.2 Å². The zero-order chi connectivity index (χ0) is 22.8. The normalized spacial score (nSPS) is 19.3. The van der Waals surface area contributed by atoms with Gasteiger partial charge < -0.3 is 9.47 Å². The number of ether oxygens (including phenoxy) is 2. The van der Waals surface area contributed by atoms with E-state index in [0.29, 0.717) is 56.7 Å². The van der Waals surface area contributed by atoms with Gasteiger partial charge in [0.2, 0.25) is 0 Å². The van der Waals surface area contributed by atoms with Crippen molar-refractivity contribution in [3.8, 4) is 0 Å². The maximum absolute atomic E-state index is 13.7. The van der Waals surface area contributed by atoms with E-state index in [1.165, 1.54) is 13.3 Å². The molecule has 1 aromatic heterocycles. The van der Waals surface area contributed by atoms with Gasteiger partial charge in [-0.2, -0.15) is 17.0 Å². The Morgan fingerprint density at radius 1 is 1.25 bits per heavy atom. The van der Waals surface area contributed by atoms with E-state index in [1.807, 2.05) is 31.2 Å². The van der Waals surface area contributed by atoms with Crippen LogP contribution in [0.4, 0.5) is 5.69 Å². The number of nitrogens with one attached hydrogen (secondary N) is 1. The van der Waals surface area contributed by atoms with Crippen molar-refractivity contribution >= 4 is 21.9 Å². The number of esters is 1. The number of benzene rings is 1. The molecule has 172 valence electrons. The summed E-state index contributed by atoms with van der Waals surface area (Å²) < 4.78 is 40.0. The van der Waals surface area contributed by atoms with E-state index in [0.717, 1.165) is 11.3 Å². The SMILES string of the molecule is COC(=O)c1ccc(CNS(=O)(=O)[N+]2(c3cccc(C)c3)CCN(C3COC3)CC2)nc1. The van der Waals surface area contributed by atoms with E-state index in [9.17, 15) is 13.2 Å². The summed E-state index contributed by atoms with van der Waals surface area (Å²) in [4.78, 5) is 18.1. The largest absolute Gasteiger partial charge is 0.465 e. The van der Waals surface area contributed by atoms with E-state index < -0.39 is 16.2 Å². The van der Waals surface area contributed by atoms with Gasteiger partial charge in [0, 0.05) is 31.4 Å².